The molecule has 0 bridgehead atoms. The summed E-state index contributed by atoms with van der Waals surface area (Å²) in [5.74, 6) is -1.42. The van der Waals surface area contributed by atoms with E-state index in [4.69, 9.17) is 23.7 Å². The van der Waals surface area contributed by atoms with E-state index < -0.39 is 40.9 Å². The van der Waals surface area contributed by atoms with Crippen LogP contribution in [-0.2, 0) is 35.1 Å². The van der Waals surface area contributed by atoms with Gasteiger partial charge in [-0.05, 0) is 67.5 Å². The quantitative estimate of drug-likeness (QED) is 0.129. The van der Waals surface area contributed by atoms with E-state index >= 15 is 0 Å². The molecule has 1 aliphatic rings. The molecular weight excluding hydrogens is 590 g/mol. The number of Topliss-reactive ketones (excluding diaryl/α,β-unsaturated/α-hetero) is 2. The number of methoxy groups -OCH3 is 3. The Labute approximate surface area is 272 Å². The Morgan fingerprint density at radius 3 is 2.33 bits per heavy atom. The van der Waals surface area contributed by atoms with Gasteiger partial charge in [0.2, 0.25) is 11.6 Å². The highest BCUT2D eigenvalue weighted by atomic mass is 16.5. The van der Waals surface area contributed by atoms with Crippen LogP contribution in [0.2, 0.25) is 0 Å². The van der Waals surface area contributed by atoms with E-state index in [1.165, 1.54) is 0 Å². The fourth-order valence-electron chi connectivity index (χ4n) is 5.54. The van der Waals surface area contributed by atoms with Gasteiger partial charge in [0.05, 0.1) is 26.7 Å². The molecule has 0 radical (unpaired) electrons. The Morgan fingerprint density at radius 1 is 0.935 bits per heavy atom. The summed E-state index contributed by atoms with van der Waals surface area (Å²) < 4.78 is 27.7. The van der Waals surface area contributed by atoms with Crippen LogP contribution in [0.25, 0.3) is 0 Å². The number of esters is 1. The average Bonchev–Trinajstić information content (AvgIpc) is 3.08. The minimum atomic E-state index is -0.786. The Bertz CT molecular complexity index is 1340. The van der Waals surface area contributed by atoms with Gasteiger partial charge in [-0.1, -0.05) is 51.8 Å². The number of rotatable bonds is 18. The predicted molar refractivity (Wildman–Crippen MR) is 173 cm³/mol. The van der Waals surface area contributed by atoms with Crippen molar-refractivity contribution in [2.75, 3.05) is 41.1 Å². The summed E-state index contributed by atoms with van der Waals surface area (Å²) in [6.07, 6.45) is 3.35. The molecule has 0 aliphatic heterocycles. The molecule has 0 saturated heterocycles. The Hall–Kier alpha value is -3.92. The largest absolute Gasteiger partial charge is 0.493 e. The normalized spacial score (nSPS) is 17.0. The van der Waals surface area contributed by atoms with Crippen LogP contribution < -0.4 is 19.5 Å². The predicted octanol–water partition coefficient (Wildman–Crippen LogP) is 5.44. The van der Waals surface area contributed by atoms with Crippen LogP contribution in [0, 0.1) is 17.3 Å². The second-order valence-electron chi connectivity index (χ2n) is 12.3. The fraction of sp³-hybridized carbons (Fsp3) is 0.556. The van der Waals surface area contributed by atoms with Crippen molar-refractivity contribution in [2.24, 2.45) is 17.3 Å². The van der Waals surface area contributed by atoms with Crippen LogP contribution in [-0.4, -0.2) is 64.5 Å². The molecule has 46 heavy (non-hydrogen) atoms. The van der Waals surface area contributed by atoms with Crippen molar-refractivity contribution in [1.29, 1.82) is 0 Å². The van der Waals surface area contributed by atoms with E-state index in [1.54, 1.807) is 53.4 Å². The topological polar surface area (TPSA) is 126 Å². The molecule has 10 nitrogen and oxygen atoms in total. The van der Waals surface area contributed by atoms with E-state index in [9.17, 15) is 19.2 Å². The molecule has 1 saturated carbocycles. The number of carbonyl (C=O) groups excluding carboxylic acids is 4. The van der Waals surface area contributed by atoms with Crippen LogP contribution in [0.4, 0.5) is 0 Å². The Balaban J connectivity index is 1.84. The van der Waals surface area contributed by atoms with Gasteiger partial charge in [0.1, 0.15) is 11.9 Å². The summed E-state index contributed by atoms with van der Waals surface area (Å²) in [4.78, 5) is 52.5. The van der Waals surface area contributed by atoms with Gasteiger partial charge in [0.15, 0.2) is 18.1 Å². The van der Waals surface area contributed by atoms with E-state index in [1.807, 2.05) is 31.2 Å². The molecule has 0 spiro atoms. The SMILES string of the molecule is CCC(C)(C)C(=O)C(=O)C1CCCC[C@H]1C(=O)O[C@H](CCc1ccc(OC)c(OC)c1)c1cccc(OCC(=O)NCCOC)c1. The van der Waals surface area contributed by atoms with Gasteiger partial charge in [-0.2, -0.15) is 0 Å². The number of hydrogen-bond acceptors (Lipinski definition) is 9. The van der Waals surface area contributed by atoms with E-state index in [0.29, 0.717) is 68.1 Å². The van der Waals surface area contributed by atoms with Crippen molar-refractivity contribution in [3.8, 4) is 17.2 Å². The number of carbonyl (C=O) groups is 4. The molecule has 0 heterocycles. The molecule has 2 aromatic rings. The van der Waals surface area contributed by atoms with Crippen molar-refractivity contribution in [2.45, 2.75) is 71.8 Å². The number of ketones is 2. The lowest BCUT2D eigenvalue weighted by atomic mass is 9.72. The first-order chi connectivity index (χ1) is 22.0. The summed E-state index contributed by atoms with van der Waals surface area (Å²) in [5, 5.41) is 2.71. The van der Waals surface area contributed by atoms with Crippen molar-refractivity contribution in [1.82, 2.24) is 5.32 Å². The molecule has 10 heteroatoms. The molecule has 0 aromatic heterocycles. The van der Waals surface area contributed by atoms with E-state index in [-0.39, 0.29) is 12.5 Å². The second kappa shape index (κ2) is 17.7. The maximum Gasteiger partial charge on any atom is 0.310 e. The van der Waals surface area contributed by atoms with Gasteiger partial charge in [-0.25, -0.2) is 0 Å². The molecule has 252 valence electrons. The summed E-state index contributed by atoms with van der Waals surface area (Å²) in [6.45, 7) is 6.01. The Morgan fingerprint density at radius 2 is 1.65 bits per heavy atom. The first-order valence-corrected chi connectivity index (χ1v) is 16.0. The van der Waals surface area contributed by atoms with Crippen LogP contribution >= 0.6 is 0 Å². The highest BCUT2D eigenvalue weighted by molar-refractivity contribution is 6.40. The lowest BCUT2D eigenvalue weighted by molar-refractivity contribution is -0.161. The third-order valence-electron chi connectivity index (χ3n) is 8.76. The first-order valence-electron chi connectivity index (χ1n) is 16.0. The molecular formula is C36H49NO9. The highest BCUT2D eigenvalue weighted by Crippen LogP contribution is 2.37. The minimum absolute atomic E-state index is 0.183. The van der Waals surface area contributed by atoms with Crippen LogP contribution in [0.1, 0.15) is 76.5 Å². The summed E-state index contributed by atoms with van der Waals surface area (Å²) >= 11 is 0. The number of ether oxygens (including phenoxy) is 5. The first kappa shape index (κ1) is 36.5. The van der Waals surface area contributed by atoms with Crippen molar-refractivity contribution >= 4 is 23.4 Å². The molecule has 1 aliphatic carbocycles. The van der Waals surface area contributed by atoms with Crippen molar-refractivity contribution < 1.29 is 42.9 Å². The standard InChI is InChI=1S/C36H49NO9/c1-7-36(2,3)34(40)33(39)27-13-8-9-14-28(27)35(41)46-29(17-15-24-16-18-30(43-5)31(21-24)44-6)25-11-10-12-26(22-25)45-23-32(38)37-19-20-42-4/h10-12,16,18,21-22,27-29H,7-9,13-15,17,19-20,23H2,1-6H3,(H,37,38)/t27?,28-,29-/m1/s1. The highest BCUT2D eigenvalue weighted by Gasteiger charge is 2.43. The van der Waals surface area contributed by atoms with E-state index in [0.717, 1.165) is 18.4 Å². The third-order valence-corrected chi connectivity index (χ3v) is 8.76. The van der Waals surface area contributed by atoms with Gasteiger partial charge < -0.3 is 29.0 Å². The summed E-state index contributed by atoms with van der Waals surface area (Å²) in [6, 6.07) is 12.8. The van der Waals surface area contributed by atoms with Crippen LogP contribution in [0.15, 0.2) is 42.5 Å². The zero-order valence-corrected chi connectivity index (χ0v) is 28.0. The van der Waals surface area contributed by atoms with Gasteiger partial charge in [0, 0.05) is 25.0 Å². The number of amides is 1. The fourth-order valence-corrected chi connectivity index (χ4v) is 5.54. The van der Waals surface area contributed by atoms with Gasteiger partial charge in [-0.3, -0.25) is 19.2 Å². The summed E-state index contributed by atoms with van der Waals surface area (Å²) in [7, 11) is 4.71. The number of benzene rings is 2. The number of hydrogen-bond donors (Lipinski definition) is 1. The Kier molecular flexibility index (Phi) is 14.1. The van der Waals surface area contributed by atoms with E-state index in [2.05, 4.69) is 5.32 Å². The molecule has 1 unspecified atom stereocenters. The second-order valence-corrected chi connectivity index (χ2v) is 12.3. The molecule has 2 aromatic carbocycles. The molecule has 3 atom stereocenters. The van der Waals surface area contributed by atoms with Crippen molar-refractivity contribution in [3.63, 3.8) is 0 Å². The average molecular weight is 640 g/mol. The number of aryl methyl sites for hydroxylation is 1. The van der Waals surface area contributed by atoms with Gasteiger partial charge in [0.25, 0.3) is 5.91 Å². The number of nitrogens with one attached hydrogen (secondary N) is 1. The minimum Gasteiger partial charge on any atom is -0.493 e. The maximum absolute atomic E-state index is 13.8. The summed E-state index contributed by atoms with van der Waals surface area (Å²) in [5.41, 5.74) is 0.858. The lowest BCUT2D eigenvalue weighted by Crippen LogP contribution is -2.42. The molecule has 1 amide bonds. The van der Waals surface area contributed by atoms with Gasteiger partial charge >= 0.3 is 5.97 Å². The maximum atomic E-state index is 13.8. The zero-order valence-electron chi connectivity index (χ0n) is 28.0. The van der Waals surface area contributed by atoms with Crippen molar-refractivity contribution in [3.05, 3.63) is 53.6 Å². The smallest absolute Gasteiger partial charge is 0.310 e. The zero-order chi connectivity index (χ0) is 33.7. The monoisotopic (exact) mass is 639 g/mol. The van der Waals surface area contributed by atoms with Crippen LogP contribution in [0.5, 0.6) is 17.2 Å². The lowest BCUT2D eigenvalue weighted by Gasteiger charge is -2.32. The third kappa shape index (κ3) is 10.0. The molecule has 1 fully saturated rings. The molecule has 1 N–H and O–H groups in total. The molecule has 3 rings (SSSR count). The van der Waals surface area contributed by atoms with Crippen LogP contribution in [0.3, 0.4) is 0 Å². The van der Waals surface area contributed by atoms with Gasteiger partial charge in [-0.15, -0.1) is 0 Å².